The van der Waals surface area contributed by atoms with Crippen LogP contribution in [0.5, 0.6) is 0 Å². The van der Waals surface area contributed by atoms with Crippen LogP contribution in [0.2, 0.25) is 0 Å². The highest BCUT2D eigenvalue weighted by atomic mass is 19.3. The number of carbonyl (C=O) groups excluding carboxylic acids is 1. The molecule has 0 saturated carbocycles. The first-order chi connectivity index (χ1) is 12.9. The van der Waals surface area contributed by atoms with Gasteiger partial charge in [0.05, 0.1) is 11.7 Å². The molecule has 140 valence electrons. The molecule has 1 aromatic carbocycles. The summed E-state index contributed by atoms with van der Waals surface area (Å²) in [4.78, 5) is 16.2. The highest BCUT2D eigenvalue weighted by molar-refractivity contribution is 5.93. The third-order valence-corrected chi connectivity index (χ3v) is 4.64. The van der Waals surface area contributed by atoms with E-state index < -0.39 is 12.2 Å². The van der Waals surface area contributed by atoms with Gasteiger partial charge in [0.1, 0.15) is 5.69 Å². The number of nitrogens with one attached hydrogen (secondary N) is 1. The van der Waals surface area contributed by atoms with Crippen molar-refractivity contribution in [2.24, 2.45) is 7.05 Å². The topological polar surface area (TPSA) is 85.8 Å². The summed E-state index contributed by atoms with van der Waals surface area (Å²) in [7, 11) is 1.73. The number of carbonyl (C=O) groups is 1. The van der Waals surface area contributed by atoms with E-state index in [4.69, 9.17) is 4.52 Å². The zero-order valence-corrected chi connectivity index (χ0v) is 14.7. The van der Waals surface area contributed by atoms with Crippen LogP contribution >= 0.6 is 0 Å². The van der Waals surface area contributed by atoms with Crippen molar-refractivity contribution in [2.75, 3.05) is 0 Å². The average molecular weight is 373 g/mol. The number of amides is 1. The minimum absolute atomic E-state index is 0.0611. The molecular weight excluding hydrogens is 356 g/mol. The molecule has 1 amide bonds. The number of aryl methyl sites for hydroxylation is 3. The Balaban J connectivity index is 1.54. The maximum atomic E-state index is 12.6. The fraction of sp³-hybridized carbons (Fsp3) is 0.333. The smallest absolute Gasteiger partial charge is 0.300 e. The van der Waals surface area contributed by atoms with Gasteiger partial charge in [-0.3, -0.25) is 9.48 Å². The molecule has 7 nitrogen and oxygen atoms in total. The van der Waals surface area contributed by atoms with E-state index in [1.807, 2.05) is 19.1 Å². The summed E-state index contributed by atoms with van der Waals surface area (Å²) in [5, 5.41) is 10.5. The molecule has 1 aliphatic rings. The van der Waals surface area contributed by atoms with Gasteiger partial charge in [-0.2, -0.15) is 10.1 Å². The first kappa shape index (κ1) is 17.3. The summed E-state index contributed by atoms with van der Waals surface area (Å²) in [5.74, 6) is -0.744. The van der Waals surface area contributed by atoms with Gasteiger partial charge in [-0.1, -0.05) is 11.2 Å². The quantitative estimate of drug-likeness (QED) is 0.759. The largest absolute Gasteiger partial charge is 0.344 e. The van der Waals surface area contributed by atoms with Crippen LogP contribution in [0.4, 0.5) is 8.78 Å². The van der Waals surface area contributed by atoms with Crippen molar-refractivity contribution >= 4 is 5.91 Å². The minimum atomic E-state index is -2.77. The van der Waals surface area contributed by atoms with Gasteiger partial charge in [-0.15, -0.1) is 0 Å². The lowest BCUT2D eigenvalue weighted by Gasteiger charge is -2.14. The van der Waals surface area contributed by atoms with Crippen molar-refractivity contribution in [1.29, 1.82) is 0 Å². The molecule has 0 fully saturated rings. The Morgan fingerprint density at radius 2 is 2.19 bits per heavy atom. The Morgan fingerprint density at radius 3 is 2.85 bits per heavy atom. The highest BCUT2D eigenvalue weighted by Gasteiger charge is 2.26. The molecule has 27 heavy (non-hydrogen) atoms. The molecule has 9 heteroatoms. The molecule has 0 bridgehead atoms. The molecule has 0 aliphatic heterocycles. The maximum Gasteiger partial charge on any atom is 0.300 e. The summed E-state index contributed by atoms with van der Waals surface area (Å²) < 4.78 is 31.7. The lowest BCUT2D eigenvalue weighted by molar-refractivity contribution is 0.0927. The summed E-state index contributed by atoms with van der Waals surface area (Å²) >= 11 is 0. The van der Waals surface area contributed by atoms with Gasteiger partial charge in [0.15, 0.2) is 0 Å². The van der Waals surface area contributed by atoms with Crippen LogP contribution in [-0.4, -0.2) is 25.8 Å². The summed E-state index contributed by atoms with van der Waals surface area (Å²) in [5.41, 5.74) is 3.89. The van der Waals surface area contributed by atoms with Crippen LogP contribution in [-0.2, 0) is 13.5 Å². The second-order valence-corrected chi connectivity index (χ2v) is 6.53. The average Bonchev–Trinajstić information content (AvgIpc) is 3.33. The van der Waals surface area contributed by atoms with E-state index in [0.29, 0.717) is 11.3 Å². The first-order valence-corrected chi connectivity index (χ1v) is 8.49. The van der Waals surface area contributed by atoms with E-state index in [2.05, 4.69) is 20.6 Å². The summed E-state index contributed by atoms with van der Waals surface area (Å²) in [6.45, 7) is 1.83. The van der Waals surface area contributed by atoms with Crippen LogP contribution in [0.3, 0.4) is 0 Å². The highest BCUT2D eigenvalue weighted by Crippen LogP contribution is 2.34. The van der Waals surface area contributed by atoms with E-state index in [1.165, 1.54) is 0 Å². The summed E-state index contributed by atoms with van der Waals surface area (Å²) in [6, 6.07) is 7.07. The number of fused-ring (bicyclic) bond motifs is 1. The lowest BCUT2D eigenvalue weighted by atomic mass is 10.0. The normalized spacial score (nSPS) is 16.0. The Morgan fingerprint density at radius 1 is 1.37 bits per heavy atom. The standard InChI is InChI=1S/C18H17F2N5O2/c1-9-7-14(25(2)23-9)17(26)21-13-6-4-10-8-11(3-5-12(10)13)18-22-16(15(19)20)24-27-18/h3,5,7-8,13,15H,4,6H2,1-2H3,(H,21,26)/t13-/m1/s1. The van der Waals surface area contributed by atoms with Gasteiger partial charge in [0.2, 0.25) is 5.82 Å². The molecule has 4 rings (SSSR count). The van der Waals surface area contributed by atoms with Gasteiger partial charge in [-0.05, 0) is 49.1 Å². The number of alkyl halides is 2. The zero-order valence-electron chi connectivity index (χ0n) is 14.7. The Labute approximate surface area is 153 Å². The molecular formula is C18H17F2N5O2. The predicted molar refractivity (Wildman–Crippen MR) is 91.2 cm³/mol. The molecule has 1 atom stereocenters. The number of aromatic nitrogens is 4. The second kappa shape index (κ2) is 6.57. The van der Waals surface area contributed by atoms with Gasteiger partial charge in [-0.25, -0.2) is 8.78 Å². The number of hydrogen-bond acceptors (Lipinski definition) is 5. The number of benzene rings is 1. The van der Waals surface area contributed by atoms with Gasteiger partial charge in [0, 0.05) is 12.6 Å². The van der Waals surface area contributed by atoms with Crippen molar-refractivity contribution in [2.45, 2.75) is 32.2 Å². The molecule has 2 aromatic heterocycles. The lowest BCUT2D eigenvalue weighted by Crippen LogP contribution is -2.28. The van der Waals surface area contributed by atoms with E-state index >= 15 is 0 Å². The first-order valence-electron chi connectivity index (χ1n) is 8.49. The molecule has 1 aliphatic carbocycles. The van der Waals surface area contributed by atoms with E-state index in [1.54, 1.807) is 23.9 Å². The van der Waals surface area contributed by atoms with Crippen LogP contribution < -0.4 is 5.32 Å². The zero-order chi connectivity index (χ0) is 19.1. The van der Waals surface area contributed by atoms with Crippen LogP contribution in [0.15, 0.2) is 28.8 Å². The molecule has 0 saturated heterocycles. The van der Waals surface area contributed by atoms with Crippen molar-refractivity contribution in [3.05, 3.63) is 52.6 Å². The summed E-state index contributed by atoms with van der Waals surface area (Å²) in [6.07, 6.45) is -1.26. The van der Waals surface area contributed by atoms with Crippen molar-refractivity contribution in [3.8, 4) is 11.5 Å². The predicted octanol–water partition coefficient (Wildman–Crippen LogP) is 3.13. The van der Waals surface area contributed by atoms with Gasteiger partial charge in [0.25, 0.3) is 11.8 Å². The number of halogens is 2. The monoisotopic (exact) mass is 373 g/mol. The molecule has 1 N–H and O–H groups in total. The van der Waals surface area contributed by atoms with E-state index in [9.17, 15) is 13.6 Å². The Bertz CT molecular complexity index is 1010. The number of nitrogens with zero attached hydrogens (tertiary/aromatic N) is 4. The Hall–Kier alpha value is -3.10. The van der Waals surface area contributed by atoms with Crippen molar-refractivity contribution in [1.82, 2.24) is 25.2 Å². The minimum Gasteiger partial charge on any atom is -0.344 e. The maximum absolute atomic E-state index is 12.6. The molecule has 0 unspecified atom stereocenters. The molecule has 3 aromatic rings. The van der Waals surface area contributed by atoms with Crippen LogP contribution in [0.1, 0.15) is 52.0 Å². The van der Waals surface area contributed by atoms with E-state index in [0.717, 1.165) is 29.7 Å². The third kappa shape index (κ3) is 3.20. The van der Waals surface area contributed by atoms with Crippen molar-refractivity contribution in [3.63, 3.8) is 0 Å². The second-order valence-electron chi connectivity index (χ2n) is 6.53. The fourth-order valence-electron chi connectivity index (χ4n) is 3.40. The third-order valence-electron chi connectivity index (χ3n) is 4.64. The van der Waals surface area contributed by atoms with Crippen LogP contribution in [0.25, 0.3) is 11.5 Å². The Kier molecular flexibility index (Phi) is 4.21. The van der Waals surface area contributed by atoms with E-state index in [-0.39, 0.29) is 17.8 Å². The van der Waals surface area contributed by atoms with Gasteiger partial charge < -0.3 is 9.84 Å². The van der Waals surface area contributed by atoms with Crippen molar-refractivity contribution < 1.29 is 18.1 Å². The molecule has 2 heterocycles. The molecule has 0 spiro atoms. The number of hydrogen-bond donors (Lipinski definition) is 1. The fourth-order valence-corrected chi connectivity index (χ4v) is 3.40. The molecule has 0 radical (unpaired) electrons. The van der Waals surface area contributed by atoms with Crippen LogP contribution in [0, 0.1) is 6.92 Å². The SMILES string of the molecule is Cc1cc(C(=O)N[C@@H]2CCc3cc(-c4nc(C(F)F)no4)ccc32)n(C)n1. The van der Waals surface area contributed by atoms with Gasteiger partial charge >= 0.3 is 6.43 Å². The number of rotatable bonds is 4.